The molecule has 1 saturated heterocycles. The molecule has 0 amide bonds. The van der Waals surface area contributed by atoms with Crippen LogP contribution in [0.5, 0.6) is 5.75 Å². The molecule has 1 aromatic carbocycles. The van der Waals surface area contributed by atoms with Crippen LogP contribution in [0.1, 0.15) is 28.3 Å². The number of carbonyl (C=O) groups is 3. The molecule has 0 aromatic heterocycles. The molecule has 1 fully saturated rings. The Labute approximate surface area is 145 Å². The topological polar surface area (TPSA) is 104 Å². The van der Waals surface area contributed by atoms with E-state index in [2.05, 4.69) is 11.9 Å². The number of carboxylic acid groups (broad SMARTS) is 2. The van der Waals surface area contributed by atoms with Crippen LogP contribution < -0.4 is 4.74 Å². The molecule has 1 aliphatic heterocycles. The Bertz CT molecular complexity index is 696. The van der Waals surface area contributed by atoms with Crippen molar-refractivity contribution < 1.29 is 29.3 Å². The Kier molecular flexibility index (Phi) is 5.93. The highest BCUT2D eigenvalue weighted by Crippen LogP contribution is 2.41. The zero-order chi connectivity index (χ0) is 18.6. The molecule has 25 heavy (non-hydrogen) atoms. The maximum absolute atomic E-state index is 12.1. The van der Waals surface area contributed by atoms with Gasteiger partial charge in [0.05, 0.1) is 7.11 Å². The summed E-state index contributed by atoms with van der Waals surface area (Å²) in [5.74, 6) is -0.374. The number of carboxylic acids is 2. The van der Waals surface area contributed by atoms with Crippen LogP contribution in [0, 0.1) is 5.92 Å². The van der Waals surface area contributed by atoms with Gasteiger partial charge in [-0.2, -0.15) is 0 Å². The average Bonchev–Trinajstić information content (AvgIpc) is 2.93. The van der Waals surface area contributed by atoms with E-state index >= 15 is 0 Å². The molecule has 1 aliphatic carbocycles. The monoisotopic (exact) mass is 347 g/mol. The number of nitrogens with zero attached hydrogens (tertiary/aromatic N) is 1. The van der Waals surface area contributed by atoms with Gasteiger partial charge in [-0.05, 0) is 36.7 Å². The molecule has 0 saturated carbocycles. The number of benzene rings is 1. The van der Waals surface area contributed by atoms with E-state index in [4.69, 9.17) is 14.9 Å². The van der Waals surface area contributed by atoms with Crippen molar-refractivity contribution in [3.8, 4) is 5.75 Å². The Hall–Kier alpha value is -2.67. The van der Waals surface area contributed by atoms with E-state index in [9.17, 15) is 14.4 Å². The summed E-state index contributed by atoms with van der Waals surface area (Å²) in [6, 6.07) is 5.85. The van der Waals surface area contributed by atoms with E-state index in [-0.39, 0.29) is 0 Å². The van der Waals surface area contributed by atoms with E-state index in [0.717, 1.165) is 24.4 Å². The number of Topliss-reactive ketones (excluding diaryl/α,β-unsaturated/α-hetero) is 1. The van der Waals surface area contributed by atoms with Crippen molar-refractivity contribution in [3.63, 3.8) is 0 Å². The Morgan fingerprint density at radius 1 is 1.20 bits per heavy atom. The van der Waals surface area contributed by atoms with Crippen LogP contribution in [-0.4, -0.2) is 60.1 Å². The summed E-state index contributed by atoms with van der Waals surface area (Å²) in [6.45, 7) is 2.09. The molecule has 2 atom stereocenters. The van der Waals surface area contributed by atoms with Crippen LogP contribution >= 0.6 is 0 Å². The highest BCUT2D eigenvalue weighted by atomic mass is 16.5. The molecule has 1 heterocycles. The maximum Gasteiger partial charge on any atom is 0.328 e. The normalized spacial score (nSPS) is 21.9. The van der Waals surface area contributed by atoms with Gasteiger partial charge in [0, 0.05) is 43.1 Å². The quantitative estimate of drug-likeness (QED) is 0.801. The molecule has 0 radical (unpaired) electrons. The minimum absolute atomic E-state index is 0.291. The Morgan fingerprint density at radius 3 is 2.40 bits per heavy atom. The van der Waals surface area contributed by atoms with Gasteiger partial charge in [-0.15, -0.1) is 0 Å². The first kappa shape index (κ1) is 18.7. The summed E-state index contributed by atoms with van der Waals surface area (Å²) in [7, 11) is 3.80. The standard InChI is InChI=1S/C14H17NO2.C4H4O4/c1-15-7-9-5-14(16)11-4-3-10(17-2)6-12(11)13(9)8-15;5-3(6)1-2-4(7)8/h3-4,6,9,13H,5,7-8H2,1-2H3;1-2H,(H,5,6)(H,7,8)/t9-,13+;/m0./s1. The summed E-state index contributed by atoms with van der Waals surface area (Å²) in [5, 5.41) is 15.6. The molecule has 0 unspecified atom stereocenters. The molecular formula is C18H21NO6. The van der Waals surface area contributed by atoms with Crippen molar-refractivity contribution >= 4 is 17.7 Å². The largest absolute Gasteiger partial charge is 0.497 e. The van der Waals surface area contributed by atoms with Crippen LogP contribution in [0.15, 0.2) is 30.4 Å². The van der Waals surface area contributed by atoms with Crippen LogP contribution in [-0.2, 0) is 9.59 Å². The summed E-state index contributed by atoms with van der Waals surface area (Å²) < 4.78 is 5.27. The number of rotatable bonds is 3. The first-order chi connectivity index (χ1) is 11.8. The molecular weight excluding hydrogens is 326 g/mol. The SMILES string of the molecule is COc1ccc2c(c1)[C@@H]1CN(C)C[C@@H]1CC2=O.O=C(O)C=CC(=O)O. The zero-order valence-corrected chi connectivity index (χ0v) is 14.1. The van der Waals surface area contributed by atoms with Crippen molar-refractivity contribution in [3.05, 3.63) is 41.5 Å². The first-order valence-corrected chi connectivity index (χ1v) is 7.85. The number of methoxy groups -OCH3 is 1. The fraction of sp³-hybridized carbons (Fsp3) is 0.389. The molecule has 2 N–H and O–H groups in total. The van der Waals surface area contributed by atoms with Gasteiger partial charge >= 0.3 is 11.9 Å². The second-order valence-electron chi connectivity index (χ2n) is 6.18. The molecule has 1 aromatic rings. The van der Waals surface area contributed by atoms with Gasteiger partial charge < -0.3 is 19.8 Å². The van der Waals surface area contributed by atoms with Gasteiger partial charge in [0.1, 0.15) is 5.75 Å². The third kappa shape index (κ3) is 4.67. The Morgan fingerprint density at radius 2 is 1.84 bits per heavy atom. The van der Waals surface area contributed by atoms with Gasteiger partial charge in [-0.25, -0.2) is 9.59 Å². The van der Waals surface area contributed by atoms with Gasteiger partial charge in [0.25, 0.3) is 0 Å². The van der Waals surface area contributed by atoms with Gasteiger partial charge in [-0.1, -0.05) is 0 Å². The van der Waals surface area contributed by atoms with Crippen LogP contribution in [0.3, 0.4) is 0 Å². The highest BCUT2D eigenvalue weighted by Gasteiger charge is 2.39. The van der Waals surface area contributed by atoms with Gasteiger partial charge in [-0.3, -0.25) is 4.79 Å². The van der Waals surface area contributed by atoms with E-state index < -0.39 is 11.9 Å². The van der Waals surface area contributed by atoms with Crippen LogP contribution in [0.4, 0.5) is 0 Å². The van der Waals surface area contributed by atoms with Gasteiger partial charge in [0.15, 0.2) is 5.78 Å². The number of likely N-dealkylation sites (N-methyl/N-ethyl adjacent to an activating group) is 1. The molecule has 134 valence electrons. The van der Waals surface area contributed by atoms with Crippen molar-refractivity contribution in [2.24, 2.45) is 5.92 Å². The first-order valence-electron chi connectivity index (χ1n) is 7.85. The number of aliphatic carboxylic acids is 2. The van der Waals surface area contributed by atoms with Gasteiger partial charge in [0.2, 0.25) is 0 Å². The molecule has 3 rings (SSSR count). The predicted molar refractivity (Wildman–Crippen MR) is 90.1 cm³/mol. The lowest BCUT2D eigenvalue weighted by atomic mass is 9.76. The van der Waals surface area contributed by atoms with E-state index in [1.165, 1.54) is 5.56 Å². The van der Waals surface area contributed by atoms with Crippen molar-refractivity contribution in [2.45, 2.75) is 12.3 Å². The van der Waals surface area contributed by atoms with E-state index in [1.807, 2.05) is 18.2 Å². The smallest absolute Gasteiger partial charge is 0.328 e. The maximum atomic E-state index is 12.1. The number of hydrogen-bond acceptors (Lipinski definition) is 5. The average molecular weight is 347 g/mol. The number of hydrogen-bond donors (Lipinski definition) is 2. The van der Waals surface area contributed by atoms with Crippen molar-refractivity contribution in [1.29, 1.82) is 0 Å². The zero-order valence-electron chi connectivity index (χ0n) is 14.1. The number of ether oxygens (including phenoxy) is 1. The minimum Gasteiger partial charge on any atom is -0.497 e. The number of ketones is 1. The molecule has 7 nitrogen and oxygen atoms in total. The summed E-state index contributed by atoms with van der Waals surface area (Å²) in [6.07, 6.45) is 1.82. The second kappa shape index (κ2) is 7.94. The number of likely N-dealkylation sites (tertiary alicyclic amines) is 1. The minimum atomic E-state index is -1.26. The lowest BCUT2D eigenvalue weighted by Crippen LogP contribution is -2.23. The summed E-state index contributed by atoms with van der Waals surface area (Å²) in [4.78, 5) is 33.5. The fourth-order valence-corrected chi connectivity index (χ4v) is 3.37. The van der Waals surface area contributed by atoms with Crippen LogP contribution in [0.2, 0.25) is 0 Å². The third-order valence-electron chi connectivity index (χ3n) is 4.40. The molecule has 0 spiro atoms. The van der Waals surface area contributed by atoms with Crippen LogP contribution in [0.25, 0.3) is 0 Å². The highest BCUT2D eigenvalue weighted by molar-refractivity contribution is 5.99. The summed E-state index contributed by atoms with van der Waals surface area (Å²) >= 11 is 0. The molecule has 7 heteroatoms. The molecule has 0 bridgehead atoms. The third-order valence-corrected chi connectivity index (χ3v) is 4.40. The number of carbonyl (C=O) groups excluding carboxylic acids is 1. The lowest BCUT2D eigenvalue weighted by molar-refractivity contribution is -0.134. The predicted octanol–water partition coefficient (Wildman–Crippen LogP) is 1.64. The lowest BCUT2D eigenvalue weighted by Gasteiger charge is -2.26. The van der Waals surface area contributed by atoms with Crippen molar-refractivity contribution in [1.82, 2.24) is 4.90 Å². The van der Waals surface area contributed by atoms with Crippen molar-refractivity contribution in [2.75, 3.05) is 27.2 Å². The molecule has 2 aliphatic rings. The number of fused-ring (bicyclic) bond motifs is 3. The van der Waals surface area contributed by atoms with E-state index in [1.54, 1.807) is 7.11 Å². The fourth-order valence-electron chi connectivity index (χ4n) is 3.37. The second-order valence-corrected chi connectivity index (χ2v) is 6.18. The summed E-state index contributed by atoms with van der Waals surface area (Å²) in [5.41, 5.74) is 2.09. The Balaban J connectivity index is 0.000000242. The van der Waals surface area contributed by atoms with E-state index in [0.29, 0.717) is 36.2 Å².